The molecule has 3 aromatic rings. The summed E-state index contributed by atoms with van der Waals surface area (Å²) >= 11 is 6.17. The summed E-state index contributed by atoms with van der Waals surface area (Å²) in [6.45, 7) is -0.0891. The summed E-state index contributed by atoms with van der Waals surface area (Å²) < 4.78 is 12.1. The number of carbonyl (C=O) groups is 2. The van der Waals surface area contributed by atoms with E-state index < -0.39 is 5.91 Å². The molecule has 0 unspecified atom stereocenters. The SMILES string of the molecule is COc1cc(C(=O)NCc2ccc(-n3cccn3)nc2)cc(Cl)c1OCC(N)=O. The number of nitrogens with zero attached hydrogens (tertiary/aromatic N) is 3. The normalized spacial score (nSPS) is 10.4. The van der Waals surface area contributed by atoms with E-state index in [9.17, 15) is 9.59 Å². The molecule has 3 N–H and O–H groups in total. The zero-order chi connectivity index (χ0) is 20.8. The van der Waals surface area contributed by atoms with Gasteiger partial charge in [-0.15, -0.1) is 0 Å². The molecular formula is C19H18ClN5O4. The van der Waals surface area contributed by atoms with Gasteiger partial charge in [0, 0.05) is 30.7 Å². The third-order valence-electron chi connectivity index (χ3n) is 3.85. The molecule has 0 saturated heterocycles. The Hall–Kier alpha value is -3.59. The number of methoxy groups -OCH3 is 1. The minimum atomic E-state index is -0.655. The summed E-state index contributed by atoms with van der Waals surface area (Å²) in [6.07, 6.45) is 5.11. The number of pyridine rings is 1. The largest absolute Gasteiger partial charge is 0.493 e. The molecule has 0 atom stereocenters. The molecule has 2 amide bonds. The highest BCUT2D eigenvalue weighted by atomic mass is 35.5. The highest BCUT2D eigenvalue weighted by Gasteiger charge is 2.16. The van der Waals surface area contributed by atoms with Crippen LogP contribution in [0, 0.1) is 0 Å². The van der Waals surface area contributed by atoms with Gasteiger partial charge in [0.2, 0.25) is 0 Å². The fourth-order valence-electron chi connectivity index (χ4n) is 2.48. The number of nitrogens with two attached hydrogens (primary N) is 1. The topological polar surface area (TPSA) is 121 Å². The minimum absolute atomic E-state index is 0.126. The second-order valence-corrected chi connectivity index (χ2v) is 6.31. The highest BCUT2D eigenvalue weighted by Crippen LogP contribution is 2.36. The standard InChI is InChI=1S/C19H18ClN5O4/c1-28-15-8-13(7-14(20)18(15)29-11-16(21)26)19(27)23-10-12-3-4-17(22-9-12)25-6-2-5-24-25/h2-9H,10-11H2,1H3,(H2,21,26)(H,23,27). The molecule has 0 radical (unpaired) electrons. The van der Waals surface area contributed by atoms with Gasteiger partial charge in [-0.2, -0.15) is 5.10 Å². The van der Waals surface area contributed by atoms with Crippen LogP contribution >= 0.6 is 11.6 Å². The Morgan fingerprint density at radius 2 is 2.14 bits per heavy atom. The van der Waals surface area contributed by atoms with Gasteiger partial charge in [0.25, 0.3) is 11.8 Å². The van der Waals surface area contributed by atoms with E-state index in [-0.39, 0.29) is 41.1 Å². The summed E-state index contributed by atoms with van der Waals surface area (Å²) in [4.78, 5) is 27.7. The second kappa shape index (κ2) is 9.07. The van der Waals surface area contributed by atoms with E-state index in [1.54, 1.807) is 35.4 Å². The van der Waals surface area contributed by atoms with Crippen LogP contribution in [0.25, 0.3) is 5.82 Å². The highest BCUT2D eigenvalue weighted by molar-refractivity contribution is 6.32. The van der Waals surface area contributed by atoms with Gasteiger partial charge in [0.1, 0.15) is 0 Å². The summed E-state index contributed by atoms with van der Waals surface area (Å²) in [5.41, 5.74) is 6.16. The van der Waals surface area contributed by atoms with E-state index >= 15 is 0 Å². The smallest absolute Gasteiger partial charge is 0.255 e. The lowest BCUT2D eigenvalue weighted by molar-refractivity contribution is -0.119. The van der Waals surface area contributed by atoms with Crippen molar-refractivity contribution >= 4 is 23.4 Å². The molecule has 9 nitrogen and oxygen atoms in total. The molecular weight excluding hydrogens is 398 g/mol. The van der Waals surface area contributed by atoms with Crippen LogP contribution < -0.4 is 20.5 Å². The number of aromatic nitrogens is 3. The fraction of sp³-hybridized carbons (Fsp3) is 0.158. The lowest BCUT2D eigenvalue weighted by atomic mass is 10.1. The Kier molecular flexibility index (Phi) is 6.30. The van der Waals surface area contributed by atoms with Crippen molar-refractivity contribution in [3.8, 4) is 17.3 Å². The van der Waals surface area contributed by atoms with Crippen molar-refractivity contribution in [3.63, 3.8) is 0 Å². The number of rotatable bonds is 8. The first-order valence-corrected chi connectivity index (χ1v) is 8.87. The second-order valence-electron chi connectivity index (χ2n) is 5.90. The van der Waals surface area contributed by atoms with E-state index in [0.717, 1.165) is 5.56 Å². The summed E-state index contributed by atoms with van der Waals surface area (Å²) in [5.74, 6) is 0.0186. The molecule has 150 valence electrons. The Balaban J connectivity index is 1.67. The van der Waals surface area contributed by atoms with E-state index in [1.165, 1.54) is 19.2 Å². The number of benzene rings is 1. The molecule has 2 aromatic heterocycles. The zero-order valence-electron chi connectivity index (χ0n) is 15.5. The Morgan fingerprint density at radius 3 is 2.76 bits per heavy atom. The van der Waals surface area contributed by atoms with Crippen molar-refractivity contribution in [1.29, 1.82) is 0 Å². The van der Waals surface area contributed by atoms with Gasteiger partial charge in [-0.1, -0.05) is 17.7 Å². The van der Waals surface area contributed by atoms with Crippen molar-refractivity contribution in [2.24, 2.45) is 5.73 Å². The van der Waals surface area contributed by atoms with Crippen LogP contribution in [-0.2, 0) is 11.3 Å². The number of nitrogens with one attached hydrogen (secondary N) is 1. The van der Waals surface area contributed by atoms with Gasteiger partial charge in [0.05, 0.1) is 12.1 Å². The number of ether oxygens (including phenoxy) is 2. The quantitative estimate of drug-likeness (QED) is 0.577. The first kappa shape index (κ1) is 20.2. The predicted molar refractivity (Wildman–Crippen MR) is 105 cm³/mol. The number of primary amides is 1. The molecule has 2 heterocycles. The first-order chi connectivity index (χ1) is 14.0. The predicted octanol–water partition coefficient (Wildman–Crippen LogP) is 1.72. The van der Waals surface area contributed by atoms with Crippen molar-refractivity contribution in [2.45, 2.75) is 6.54 Å². The number of hydrogen-bond acceptors (Lipinski definition) is 6. The van der Waals surface area contributed by atoms with Crippen molar-refractivity contribution in [2.75, 3.05) is 13.7 Å². The maximum atomic E-state index is 12.5. The number of amides is 2. The third kappa shape index (κ3) is 5.02. The van der Waals surface area contributed by atoms with Gasteiger partial charge in [-0.05, 0) is 29.8 Å². The number of carbonyl (C=O) groups excluding carboxylic acids is 2. The summed E-state index contributed by atoms with van der Waals surface area (Å²) in [6, 6.07) is 8.35. The molecule has 3 rings (SSSR count). The van der Waals surface area contributed by atoms with E-state index in [2.05, 4.69) is 15.4 Å². The van der Waals surface area contributed by atoms with Gasteiger partial charge in [0.15, 0.2) is 23.9 Å². The fourth-order valence-corrected chi connectivity index (χ4v) is 2.75. The Labute approximate surface area is 171 Å². The number of hydrogen-bond donors (Lipinski definition) is 2. The lowest BCUT2D eigenvalue weighted by Crippen LogP contribution is -2.23. The molecule has 0 bridgehead atoms. The zero-order valence-corrected chi connectivity index (χ0v) is 16.2. The van der Waals surface area contributed by atoms with E-state index in [4.69, 9.17) is 26.8 Å². The molecule has 0 aliphatic rings. The van der Waals surface area contributed by atoms with Crippen LogP contribution in [0.5, 0.6) is 11.5 Å². The van der Waals surface area contributed by atoms with Crippen LogP contribution in [0.1, 0.15) is 15.9 Å². The van der Waals surface area contributed by atoms with Crippen LogP contribution in [-0.4, -0.2) is 40.3 Å². The monoisotopic (exact) mass is 415 g/mol. The van der Waals surface area contributed by atoms with Crippen LogP contribution in [0.2, 0.25) is 5.02 Å². The molecule has 0 saturated carbocycles. The number of halogens is 1. The maximum absolute atomic E-state index is 12.5. The molecule has 29 heavy (non-hydrogen) atoms. The summed E-state index contributed by atoms with van der Waals surface area (Å²) in [7, 11) is 1.40. The Bertz CT molecular complexity index is 1010. The molecule has 10 heteroatoms. The van der Waals surface area contributed by atoms with Crippen LogP contribution in [0.3, 0.4) is 0 Å². The summed E-state index contributed by atoms with van der Waals surface area (Å²) in [5, 5.41) is 7.02. The lowest BCUT2D eigenvalue weighted by Gasteiger charge is -2.13. The van der Waals surface area contributed by atoms with Crippen molar-refractivity contribution in [3.05, 3.63) is 65.1 Å². The minimum Gasteiger partial charge on any atom is -0.493 e. The van der Waals surface area contributed by atoms with Gasteiger partial charge in [-0.3, -0.25) is 9.59 Å². The molecule has 0 aliphatic carbocycles. The maximum Gasteiger partial charge on any atom is 0.255 e. The molecule has 0 spiro atoms. The van der Waals surface area contributed by atoms with Crippen LogP contribution in [0.4, 0.5) is 0 Å². The van der Waals surface area contributed by atoms with E-state index in [1.807, 2.05) is 6.07 Å². The van der Waals surface area contributed by atoms with Gasteiger partial charge >= 0.3 is 0 Å². The third-order valence-corrected chi connectivity index (χ3v) is 4.13. The molecule has 0 fully saturated rings. The molecule has 1 aromatic carbocycles. The Morgan fingerprint density at radius 1 is 1.31 bits per heavy atom. The van der Waals surface area contributed by atoms with Crippen LogP contribution in [0.15, 0.2) is 48.9 Å². The molecule has 0 aliphatic heterocycles. The van der Waals surface area contributed by atoms with Crippen molar-refractivity contribution < 1.29 is 19.1 Å². The average Bonchev–Trinajstić information content (AvgIpc) is 3.25. The van der Waals surface area contributed by atoms with Gasteiger partial charge < -0.3 is 20.5 Å². The average molecular weight is 416 g/mol. The van der Waals surface area contributed by atoms with Crippen molar-refractivity contribution in [1.82, 2.24) is 20.1 Å². The van der Waals surface area contributed by atoms with E-state index in [0.29, 0.717) is 5.82 Å². The van der Waals surface area contributed by atoms with Gasteiger partial charge in [-0.25, -0.2) is 9.67 Å². The first-order valence-electron chi connectivity index (χ1n) is 8.49.